The van der Waals surface area contributed by atoms with Gasteiger partial charge in [0.1, 0.15) is 23.8 Å². The molecule has 0 unspecified atom stereocenters. The predicted molar refractivity (Wildman–Crippen MR) is 155 cm³/mol. The van der Waals surface area contributed by atoms with E-state index in [2.05, 4.69) is 0 Å². The smallest absolute Gasteiger partial charge is 0.241 e. The first kappa shape index (κ1) is 21.3. The third kappa shape index (κ3) is 9.04. The van der Waals surface area contributed by atoms with Crippen molar-refractivity contribution in [3.63, 3.8) is 0 Å². The third-order valence-electron chi connectivity index (χ3n) is 5.46. The summed E-state index contributed by atoms with van der Waals surface area (Å²) >= 11 is 0. The molecular formula is C30H40N2O7S. The highest BCUT2D eigenvalue weighted by Crippen LogP contribution is 2.28. The minimum atomic E-state index is -4.28. The molecule has 0 aliphatic carbocycles. The molecule has 0 heterocycles. The average Bonchev–Trinajstić information content (AvgIpc) is 2.98. The van der Waals surface area contributed by atoms with Gasteiger partial charge in [0.2, 0.25) is 10.0 Å². The van der Waals surface area contributed by atoms with Gasteiger partial charge in [-0.05, 0) is 69.2 Å². The number of para-hydroxylation sites is 4. The second-order valence-electron chi connectivity index (χ2n) is 8.34. The summed E-state index contributed by atoms with van der Waals surface area (Å²) in [6.45, 7) is -8.52. The zero-order valence-electron chi connectivity index (χ0n) is 30.8. The largest absolute Gasteiger partial charge is 0.495 e. The monoisotopic (exact) mass is 580 g/mol. The van der Waals surface area contributed by atoms with Crippen LogP contribution in [0.2, 0.25) is 0 Å². The van der Waals surface area contributed by atoms with Crippen molar-refractivity contribution in [3.8, 4) is 28.7 Å². The fourth-order valence-electron chi connectivity index (χ4n) is 3.62. The highest BCUT2D eigenvalue weighted by atomic mass is 32.2. The van der Waals surface area contributed by atoms with Crippen molar-refractivity contribution < 1.29 is 43.1 Å². The molecule has 9 nitrogen and oxygen atoms in total. The van der Waals surface area contributed by atoms with E-state index in [9.17, 15) is 8.42 Å². The van der Waals surface area contributed by atoms with Crippen LogP contribution >= 0.6 is 0 Å². The van der Waals surface area contributed by atoms with Gasteiger partial charge >= 0.3 is 0 Å². The van der Waals surface area contributed by atoms with Crippen LogP contribution in [0.4, 0.5) is 0 Å². The topological polar surface area (TPSA) is 110 Å². The predicted octanol–water partition coefficient (Wildman–Crippen LogP) is 4.53. The Kier molecular flexibility index (Phi) is 8.17. The van der Waals surface area contributed by atoms with E-state index in [1.807, 2.05) is 0 Å². The lowest BCUT2D eigenvalue weighted by atomic mass is 10.1. The molecule has 0 spiro atoms. The molecule has 0 saturated heterocycles. The Morgan fingerprint density at radius 3 is 1.70 bits per heavy atom. The van der Waals surface area contributed by atoms with Crippen LogP contribution < -0.4 is 28.8 Å². The lowest BCUT2D eigenvalue weighted by Gasteiger charge is -2.29. The van der Waals surface area contributed by atoms with Crippen molar-refractivity contribution in [2.75, 3.05) is 46.4 Å². The first-order valence-corrected chi connectivity index (χ1v) is 14.1. The number of hydrogen-bond acceptors (Lipinski definition) is 8. The third-order valence-corrected chi connectivity index (χ3v) is 6.39. The number of ether oxygens (including phenoxy) is 5. The molecule has 0 amide bonds. The standard InChI is InChI=1S/C30H40N2O7S/c1-5-36-25-11-7-9-13-27(25)38-19-17-32(18-20-39-28-14-10-8-12-26(28)37-6-2)23(3)21-24-15-16-29(35-4)30(22-24)40(31,33)34/h7-16,22-23H,5-6,17-21H2,1-4H3,(H2,31,33,34)/t23-/m1/s1/i17D2,18D2,19D2,20D2. The average molecular weight is 581 g/mol. The highest BCUT2D eigenvalue weighted by molar-refractivity contribution is 7.89. The summed E-state index contributed by atoms with van der Waals surface area (Å²) in [7, 11) is -3.04. The number of primary sulfonamides is 1. The fraction of sp³-hybridized carbons (Fsp3) is 0.400. The summed E-state index contributed by atoms with van der Waals surface area (Å²) < 4.78 is 123. The number of rotatable bonds is 17. The Bertz CT molecular complexity index is 1590. The van der Waals surface area contributed by atoms with Gasteiger partial charge in [-0.1, -0.05) is 30.3 Å². The number of nitrogens with zero attached hydrogens (tertiary/aromatic N) is 1. The molecule has 1 atom stereocenters. The second kappa shape index (κ2) is 15.4. The Morgan fingerprint density at radius 2 is 1.27 bits per heavy atom. The van der Waals surface area contributed by atoms with E-state index in [1.165, 1.54) is 68.6 Å². The van der Waals surface area contributed by atoms with E-state index >= 15 is 0 Å². The molecule has 3 rings (SSSR count). The van der Waals surface area contributed by atoms with Crippen molar-refractivity contribution in [2.24, 2.45) is 5.14 Å². The molecule has 10 heteroatoms. The van der Waals surface area contributed by atoms with E-state index in [4.69, 9.17) is 39.8 Å². The van der Waals surface area contributed by atoms with E-state index in [-0.39, 0.29) is 58.8 Å². The number of sulfonamides is 1. The Balaban J connectivity index is 2.17. The van der Waals surface area contributed by atoms with Gasteiger partial charge in [0, 0.05) is 24.5 Å². The molecule has 0 aliphatic heterocycles. The number of hydrogen-bond donors (Lipinski definition) is 1. The second-order valence-corrected chi connectivity index (χ2v) is 9.87. The quantitative estimate of drug-likeness (QED) is 0.248. The summed E-state index contributed by atoms with van der Waals surface area (Å²) in [5.74, 6) is -0.227. The summed E-state index contributed by atoms with van der Waals surface area (Å²) in [5, 5.41) is 5.37. The first-order valence-electron chi connectivity index (χ1n) is 16.5. The van der Waals surface area contributed by atoms with Crippen LogP contribution in [0, 0.1) is 0 Å². The molecule has 0 saturated carbocycles. The summed E-state index contributed by atoms with van der Waals surface area (Å²) in [4.78, 5) is -0.0439. The molecule has 0 aliphatic rings. The van der Waals surface area contributed by atoms with E-state index in [0.717, 1.165) is 0 Å². The van der Waals surface area contributed by atoms with Gasteiger partial charge in [-0.25, -0.2) is 13.6 Å². The minimum Gasteiger partial charge on any atom is -0.495 e. The van der Waals surface area contributed by atoms with Crippen LogP contribution in [0.1, 0.15) is 37.3 Å². The first-order chi connectivity index (χ1) is 22.2. The normalized spacial score (nSPS) is 16.6. The summed E-state index contributed by atoms with van der Waals surface area (Å²) in [6, 6.07) is 14.4. The van der Waals surface area contributed by atoms with Crippen LogP contribution in [-0.2, 0) is 16.4 Å². The van der Waals surface area contributed by atoms with Gasteiger partial charge in [-0.2, -0.15) is 0 Å². The van der Waals surface area contributed by atoms with Crippen molar-refractivity contribution in [2.45, 2.75) is 38.1 Å². The van der Waals surface area contributed by atoms with Gasteiger partial charge in [0.25, 0.3) is 0 Å². The molecule has 3 aromatic carbocycles. The van der Waals surface area contributed by atoms with Crippen molar-refractivity contribution >= 4 is 10.0 Å². The van der Waals surface area contributed by atoms with Gasteiger partial charge in [0.05, 0.1) is 25.8 Å². The molecular weight excluding hydrogens is 532 g/mol. The van der Waals surface area contributed by atoms with Crippen LogP contribution in [0.25, 0.3) is 0 Å². The molecule has 40 heavy (non-hydrogen) atoms. The van der Waals surface area contributed by atoms with Gasteiger partial charge in [0.15, 0.2) is 23.0 Å². The molecule has 218 valence electrons. The van der Waals surface area contributed by atoms with E-state index < -0.39 is 42.2 Å². The molecule has 0 radical (unpaired) electrons. The van der Waals surface area contributed by atoms with Crippen LogP contribution in [0.5, 0.6) is 28.7 Å². The van der Waals surface area contributed by atoms with Crippen molar-refractivity contribution in [3.05, 3.63) is 72.3 Å². The van der Waals surface area contributed by atoms with Crippen molar-refractivity contribution in [1.29, 1.82) is 0 Å². The highest BCUT2D eigenvalue weighted by Gasteiger charge is 2.20. The Hall–Kier alpha value is -3.47. The number of benzene rings is 3. The fourth-order valence-corrected chi connectivity index (χ4v) is 4.37. The number of methoxy groups -OCH3 is 1. The minimum absolute atomic E-state index is 0.0631. The number of nitrogens with two attached hydrogens (primary N) is 1. The molecule has 2 N–H and O–H groups in total. The Morgan fingerprint density at radius 1 is 0.800 bits per heavy atom. The van der Waals surface area contributed by atoms with Gasteiger partial charge in [-0.15, -0.1) is 0 Å². The van der Waals surface area contributed by atoms with Crippen molar-refractivity contribution in [1.82, 2.24) is 4.90 Å². The van der Waals surface area contributed by atoms with Gasteiger partial charge < -0.3 is 23.7 Å². The molecule has 0 fully saturated rings. The van der Waals surface area contributed by atoms with Crippen LogP contribution in [-0.4, -0.2) is 65.8 Å². The summed E-state index contributed by atoms with van der Waals surface area (Å²) in [5.41, 5.74) is 0.218. The SMILES string of the molecule is [2H]C([2H])(Oc1ccccc1OCC)C([2H])([2H])N([C@H](C)Cc1ccc(OC)c(S(N)(=O)=O)c1)C([2H])([2H])C([2H])([2H])Oc1ccccc1OCC. The maximum Gasteiger partial charge on any atom is 0.241 e. The zero-order chi connectivity index (χ0) is 36.1. The maximum absolute atomic E-state index is 12.3. The molecule has 3 aromatic rings. The van der Waals surface area contributed by atoms with Gasteiger partial charge in [-0.3, -0.25) is 4.90 Å². The zero-order valence-corrected chi connectivity index (χ0v) is 23.7. The molecule has 0 aromatic heterocycles. The van der Waals surface area contributed by atoms with E-state index in [0.29, 0.717) is 4.90 Å². The maximum atomic E-state index is 12.3. The van der Waals surface area contributed by atoms with Crippen LogP contribution in [0.15, 0.2) is 71.6 Å². The van der Waals surface area contributed by atoms with E-state index in [1.54, 1.807) is 26.0 Å². The molecule has 0 bridgehead atoms. The lowest BCUT2D eigenvalue weighted by molar-refractivity contribution is 0.137. The van der Waals surface area contributed by atoms with Crippen LogP contribution in [0.3, 0.4) is 0 Å². The Labute approximate surface area is 249 Å². The summed E-state index contributed by atoms with van der Waals surface area (Å²) in [6.07, 6.45) is -0.317. The lowest BCUT2D eigenvalue weighted by Crippen LogP contribution is -2.40.